The monoisotopic (exact) mass is 352 g/mol. The zero-order valence-electron chi connectivity index (χ0n) is 14.4. The number of carbonyl (C=O) groups excluding carboxylic acids is 2. The van der Waals surface area contributed by atoms with Crippen molar-refractivity contribution in [3.8, 4) is 0 Å². The minimum Gasteiger partial charge on any atom is -0.322 e. The molecule has 0 fully saturated rings. The predicted octanol–water partition coefficient (Wildman–Crippen LogP) is 3.28. The Kier molecular flexibility index (Phi) is 3.61. The van der Waals surface area contributed by atoms with Gasteiger partial charge in [-0.25, -0.2) is 13.9 Å². The number of anilines is 1. The summed E-state index contributed by atoms with van der Waals surface area (Å²) in [5.41, 5.74) is 2.34. The minimum absolute atomic E-state index is 0.0402. The number of Topliss-reactive ketones (excluding diaryl/α,β-unsaturated/α-hetero) is 1. The number of hydrogen-bond acceptors (Lipinski definition) is 4. The van der Waals surface area contributed by atoms with E-state index in [9.17, 15) is 14.0 Å². The summed E-state index contributed by atoms with van der Waals surface area (Å²) in [6.07, 6.45) is 4.10. The highest BCUT2D eigenvalue weighted by atomic mass is 19.1. The third-order valence-electron chi connectivity index (χ3n) is 4.56. The zero-order valence-corrected chi connectivity index (χ0v) is 14.4. The van der Waals surface area contributed by atoms with Crippen molar-refractivity contribution in [1.29, 1.82) is 0 Å². The summed E-state index contributed by atoms with van der Waals surface area (Å²) in [6, 6.07) is 5.51. The maximum atomic E-state index is 13.0. The van der Waals surface area contributed by atoms with E-state index in [1.165, 1.54) is 36.7 Å². The molecule has 0 saturated carbocycles. The maximum absolute atomic E-state index is 13.0. The fourth-order valence-electron chi connectivity index (χ4n) is 3.32. The molecule has 3 aromatic rings. The molecule has 2 heterocycles. The normalized spacial score (nSPS) is 15.7. The van der Waals surface area contributed by atoms with Crippen LogP contribution < -0.4 is 5.32 Å². The van der Waals surface area contributed by atoms with E-state index in [1.54, 1.807) is 4.52 Å². The average molecular weight is 352 g/mol. The molecule has 6 nitrogen and oxygen atoms in total. The molecule has 0 saturated heterocycles. The number of ketones is 1. The van der Waals surface area contributed by atoms with Gasteiger partial charge in [-0.3, -0.25) is 9.59 Å². The van der Waals surface area contributed by atoms with Crippen LogP contribution in [0.5, 0.6) is 0 Å². The SMILES string of the molecule is CC1(C)CC(=O)c2cnc3c(C(=O)Nc4ccc(F)cc4)cnn3c2C1. The van der Waals surface area contributed by atoms with Gasteiger partial charge in [-0.15, -0.1) is 0 Å². The van der Waals surface area contributed by atoms with Crippen molar-refractivity contribution >= 4 is 23.0 Å². The topological polar surface area (TPSA) is 76.4 Å². The molecule has 0 unspecified atom stereocenters. The highest BCUT2D eigenvalue weighted by molar-refractivity contribution is 6.08. The standard InChI is InChI=1S/C19H17FN4O2/c1-19(2)7-15-13(16(25)8-19)9-21-17-14(10-22-24(15)17)18(26)23-12-5-3-11(20)4-6-12/h3-6,9-10H,7-8H2,1-2H3,(H,23,26). The molecule has 0 radical (unpaired) electrons. The summed E-state index contributed by atoms with van der Waals surface area (Å²) < 4.78 is 14.6. The maximum Gasteiger partial charge on any atom is 0.261 e. The highest BCUT2D eigenvalue weighted by Crippen LogP contribution is 2.34. The minimum atomic E-state index is -0.388. The van der Waals surface area contributed by atoms with Crippen LogP contribution in [0.25, 0.3) is 5.65 Å². The Morgan fingerprint density at radius 1 is 1.19 bits per heavy atom. The van der Waals surface area contributed by atoms with Crippen molar-refractivity contribution in [2.75, 3.05) is 5.32 Å². The molecule has 0 bridgehead atoms. The number of carbonyl (C=O) groups is 2. The van der Waals surface area contributed by atoms with Gasteiger partial charge in [0.05, 0.1) is 17.5 Å². The molecule has 7 heteroatoms. The van der Waals surface area contributed by atoms with Crippen LogP contribution in [0.3, 0.4) is 0 Å². The van der Waals surface area contributed by atoms with Crippen LogP contribution in [-0.2, 0) is 6.42 Å². The van der Waals surface area contributed by atoms with Crippen LogP contribution >= 0.6 is 0 Å². The summed E-state index contributed by atoms with van der Waals surface area (Å²) in [7, 11) is 0. The largest absolute Gasteiger partial charge is 0.322 e. The van der Waals surface area contributed by atoms with E-state index in [0.717, 1.165) is 5.69 Å². The zero-order chi connectivity index (χ0) is 18.5. The first-order chi connectivity index (χ1) is 12.3. The van der Waals surface area contributed by atoms with Crippen molar-refractivity contribution in [2.45, 2.75) is 26.7 Å². The van der Waals surface area contributed by atoms with Crippen LogP contribution in [0.2, 0.25) is 0 Å². The van der Waals surface area contributed by atoms with Gasteiger partial charge < -0.3 is 5.32 Å². The van der Waals surface area contributed by atoms with Gasteiger partial charge in [-0.2, -0.15) is 5.10 Å². The summed E-state index contributed by atoms with van der Waals surface area (Å²) in [5, 5.41) is 6.99. The van der Waals surface area contributed by atoms with Crippen LogP contribution in [0.15, 0.2) is 36.7 Å². The number of halogens is 1. The first-order valence-corrected chi connectivity index (χ1v) is 8.30. The smallest absolute Gasteiger partial charge is 0.261 e. The number of fused-ring (bicyclic) bond motifs is 3. The number of rotatable bonds is 2. The van der Waals surface area contributed by atoms with Gasteiger partial charge in [-0.05, 0) is 36.1 Å². The molecule has 0 spiro atoms. The van der Waals surface area contributed by atoms with Gasteiger partial charge in [0.15, 0.2) is 11.4 Å². The number of nitrogens with one attached hydrogen (secondary N) is 1. The van der Waals surface area contributed by atoms with Crippen molar-refractivity contribution in [1.82, 2.24) is 14.6 Å². The quantitative estimate of drug-likeness (QED) is 0.768. The van der Waals surface area contributed by atoms with Gasteiger partial charge in [-0.1, -0.05) is 13.8 Å². The first kappa shape index (κ1) is 16.4. The number of nitrogens with zero attached hydrogens (tertiary/aromatic N) is 3. The molecule has 1 aliphatic rings. The van der Waals surface area contributed by atoms with E-state index in [-0.39, 0.29) is 22.9 Å². The molecule has 1 aromatic carbocycles. The second kappa shape index (κ2) is 5.72. The van der Waals surface area contributed by atoms with Crippen molar-refractivity contribution in [3.05, 3.63) is 59.3 Å². The molecule has 0 atom stereocenters. The van der Waals surface area contributed by atoms with E-state index in [1.807, 2.05) is 13.8 Å². The fourth-order valence-corrected chi connectivity index (χ4v) is 3.32. The number of aromatic nitrogens is 3. The average Bonchev–Trinajstić information content (AvgIpc) is 3.00. The molecule has 4 rings (SSSR count). The highest BCUT2D eigenvalue weighted by Gasteiger charge is 2.33. The van der Waals surface area contributed by atoms with Crippen molar-refractivity contribution < 1.29 is 14.0 Å². The molecular weight excluding hydrogens is 335 g/mol. The predicted molar refractivity (Wildman–Crippen MR) is 93.8 cm³/mol. The summed E-state index contributed by atoms with van der Waals surface area (Å²) in [5.74, 6) is -0.724. The number of benzene rings is 1. The number of hydrogen-bond donors (Lipinski definition) is 1. The lowest BCUT2D eigenvalue weighted by Gasteiger charge is -2.29. The van der Waals surface area contributed by atoms with E-state index in [4.69, 9.17) is 0 Å². The molecule has 1 aliphatic carbocycles. The van der Waals surface area contributed by atoms with Crippen LogP contribution in [0.4, 0.5) is 10.1 Å². The Bertz CT molecular complexity index is 1040. The van der Waals surface area contributed by atoms with Crippen LogP contribution in [-0.4, -0.2) is 26.3 Å². The van der Waals surface area contributed by atoms with Gasteiger partial charge in [0.25, 0.3) is 5.91 Å². The van der Waals surface area contributed by atoms with Gasteiger partial charge in [0, 0.05) is 18.3 Å². The van der Waals surface area contributed by atoms with Gasteiger partial charge in [0.1, 0.15) is 11.4 Å². The van der Waals surface area contributed by atoms with Gasteiger partial charge in [0.2, 0.25) is 0 Å². The van der Waals surface area contributed by atoms with Crippen LogP contribution in [0.1, 0.15) is 46.7 Å². The lowest BCUT2D eigenvalue weighted by atomic mass is 9.76. The molecule has 26 heavy (non-hydrogen) atoms. The summed E-state index contributed by atoms with van der Waals surface area (Å²) >= 11 is 0. The van der Waals surface area contributed by atoms with E-state index in [2.05, 4.69) is 15.4 Å². The second-order valence-corrected chi connectivity index (χ2v) is 7.31. The van der Waals surface area contributed by atoms with E-state index >= 15 is 0 Å². The third kappa shape index (κ3) is 2.75. The Hall–Kier alpha value is -3.09. The Labute approximate surface area is 149 Å². The molecule has 0 aliphatic heterocycles. The van der Waals surface area contributed by atoms with Crippen molar-refractivity contribution in [2.24, 2.45) is 5.41 Å². The summed E-state index contributed by atoms with van der Waals surface area (Å²) in [6.45, 7) is 4.07. The van der Waals surface area contributed by atoms with Crippen molar-refractivity contribution in [3.63, 3.8) is 0 Å². The Morgan fingerprint density at radius 3 is 2.65 bits per heavy atom. The fraction of sp³-hybridized carbons (Fsp3) is 0.263. The third-order valence-corrected chi connectivity index (χ3v) is 4.56. The molecule has 1 amide bonds. The van der Waals surface area contributed by atoms with E-state index < -0.39 is 0 Å². The molecule has 2 aromatic heterocycles. The lowest BCUT2D eigenvalue weighted by molar-refractivity contribution is 0.0908. The molecule has 1 N–H and O–H groups in total. The van der Waals surface area contributed by atoms with E-state index in [0.29, 0.717) is 35.3 Å². The molecular formula is C19H17FN4O2. The summed E-state index contributed by atoms with van der Waals surface area (Å²) in [4.78, 5) is 29.2. The first-order valence-electron chi connectivity index (χ1n) is 8.30. The van der Waals surface area contributed by atoms with Crippen LogP contribution in [0, 0.1) is 11.2 Å². The lowest BCUT2D eigenvalue weighted by Crippen LogP contribution is -2.29. The second-order valence-electron chi connectivity index (χ2n) is 7.31. The number of amides is 1. The Morgan fingerprint density at radius 2 is 1.92 bits per heavy atom. The van der Waals surface area contributed by atoms with Gasteiger partial charge >= 0.3 is 0 Å². The molecule has 132 valence electrons. The Balaban J connectivity index is 1.73.